The van der Waals surface area contributed by atoms with Gasteiger partial charge in [-0.1, -0.05) is 18.2 Å². The number of likely N-dealkylation sites (tertiary alicyclic amines) is 1. The summed E-state index contributed by atoms with van der Waals surface area (Å²) in [5, 5.41) is 2.66. The first-order valence-corrected chi connectivity index (χ1v) is 7.89. The third-order valence-electron chi connectivity index (χ3n) is 4.19. The molecule has 1 aliphatic rings. The Balaban J connectivity index is 1.68. The van der Waals surface area contributed by atoms with E-state index in [4.69, 9.17) is 4.42 Å². The van der Waals surface area contributed by atoms with Gasteiger partial charge in [-0.2, -0.15) is 13.2 Å². The normalized spacial score (nSPS) is 17.6. The van der Waals surface area contributed by atoms with Crippen molar-refractivity contribution in [2.24, 2.45) is 0 Å². The maximum Gasteiger partial charge on any atom is 0.416 e. The van der Waals surface area contributed by atoms with Gasteiger partial charge in [0.15, 0.2) is 6.39 Å². The summed E-state index contributed by atoms with van der Waals surface area (Å²) in [7, 11) is 0. The number of halogens is 3. The summed E-state index contributed by atoms with van der Waals surface area (Å²) in [6, 6.07) is 4.64. The molecule has 3 rings (SSSR count). The van der Waals surface area contributed by atoms with Crippen LogP contribution in [0.4, 0.5) is 13.2 Å². The van der Waals surface area contributed by atoms with Gasteiger partial charge in [0.25, 0.3) is 5.91 Å². The number of hydrogen-bond donors (Lipinski definition) is 1. The molecule has 1 saturated heterocycles. The molecule has 1 atom stereocenters. The first-order chi connectivity index (χ1) is 12.3. The molecule has 1 aromatic carbocycles. The fraction of sp³-hybridized carbons (Fsp3) is 0.353. The van der Waals surface area contributed by atoms with Gasteiger partial charge in [0.1, 0.15) is 0 Å². The van der Waals surface area contributed by atoms with Crippen molar-refractivity contribution in [3.8, 4) is 0 Å². The van der Waals surface area contributed by atoms with Crippen molar-refractivity contribution >= 4 is 11.8 Å². The van der Waals surface area contributed by atoms with E-state index < -0.39 is 23.7 Å². The molecule has 2 heterocycles. The molecule has 0 radical (unpaired) electrons. The van der Waals surface area contributed by atoms with Crippen LogP contribution in [0.1, 0.15) is 33.8 Å². The Labute approximate surface area is 147 Å². The molecule has 0 aliphatic carbocycles. The van der Waals surface area contributed by atoms with E-state index >= 15 is 0 Å². The first kappa shape index (κ1) is 18.0. The molecular formula is C17H16F3N3O3. The van der Waals surface area contributed by atoms with E-state index in [0.29, 0.717) is 5.69 Å². The molecule has 0 spiro atoms. The molecular weight excluding hydrogens is 351 g/mol. The van der Waals surface area contributed by atoms with Crippen LogP contribution in [-0.2, 0) is 17.5 Å². The summed E-state index contributed by atoms with van der Waals surface area (Å²) in [6.45, 7) is 1.57. The molecule has 1 fully saturated rings. The molecule has 1 N–H and O–H groups in total. The van der Waals surface area contributed by atoms with Crippen LogP contribution >= 0.6 is 0 Å². The van der Waals surface area contributed by atoms with Crippen molar-refractivity contribution in [3.05, 3.63) is 53.2 Å². The largest absolute Gasteiger partial charge is 0.438 e. The summed E-state index contributed by atoms with van der Waals surface area (Å²) in [4.78, 5) is 29.4. The van der Waals surface area contributed by atoms with Crippen LogP contribution < -0.4 is 5.32 Å². The zero-order valence-corrected chi connectivity index (χ0v) is 13.8. The van der Waals surface area contributed by atoms with E-state index in [-0.39, 0.29) is 36.7 Å². The van der Waals surface area contributed by atoms with Crippen LogP contribution in [0.3, 0.4) is 0 Å². The van der Waals surface area contributed by atoms with Crippen LogP contribution in [0, 0.1) is 6.92 Å². The lowest BCUT2D eigenvalue weighted by atomic mass is 10.1. The molecule has 1 unspecified atom stereocenters. The molecule has 138 valence electrons. The van der Waals surface area contributed by atoms with E-state index in [1.54, 1.807) is 6.92 Å². The molecule has 2 amide bonds. The van der Waals surface area contributed by atoms with E-state index in [9.17, 15) is 22.8 Å². The van der Waals surface area contributed by atoms with Gasteiger partial charge in [-0.25, -0.2) is 4.98 Å². The first-order valence-electron chi connectivity index (χ1n) is 7.89. The second kappa shape index (κ2) is 6.81. The van der Waals surface area contributed by atoms with Crippen LogP contribution in [-0.4, -0.2) is 34.3 Å². The van der Waals surface area contributed by atoms with Crippen LogP contribution in [0.2, 0.25) is 0 Å². The number of amides is 2. The molecule has 1 aromatic heterocycles. The number of benzene rings is 1. The SMILES string of the molecule is Cc1ncoc1C(=O)NC1CC(=O)N(Cc2ccccc2C(F)(F)F)C1. The number of carbonyl (C=O) groups excluding carboxylic acids is 2. The number of rotatable bonds is 4. The highest BCUT2D eigenvalue weighted by molar-refractivity contribution is 5.93. The zero-order valence-electron chi connectivity index (χ0n) is 13.8. The summed E-state index contributed by atoms with van der Waals surface area (Å²) < 4.78 is 44.3. The van der Waals surface area contributed by atoms with Crippen LogP contribution in [0.15, 0.2) is 35.1 Å². The van der Waals surface area contributed by atoms with Crippen molar-refractivity contribution in [1.29, 1.82) is 0 Å². The van der Waals surface area contributed by atoms with Gasteiger partial charge in [0, 0.05) is 19.5 Å². The quantitative estimate of drug-likeness (QED) is 0.901. The number of hydrogen-bond acceptors (Lipinski definition) is 4. The second-order valence-corrected chi connectivity index (χ2v) is 6.07. The average Bonchev–Trinajstić information content (AvgIpc) is 3.13. The fourth-order valence-electron chi connectivity index (χ4n) is 2.93. The van der Waals surface area contributed by atoms with Gasteiger partial charge in [0.2, 0.25) is 11.7 Å². The zero-order chi connectivity index (χ0) is 18.9. The van der Waals surface area contributed by atoms with Gasteiger partial charge in [-0.15, -0.1) is 0 Å². The minimum absolute atomic E-state index is 0.0198. The molecule has 6 nitrogen and oxygen atoms in total. The van der Waals surface area contributed by atoms with E-state index in [1.807, 2.05) is 0 Å². The van der Waals surface area contributed by atoms with Crippen LogP contribution in [0.5, 0.6) is 0 Å². The minimum atomic E-state index is -4.49. The Morgan fingerprint density at radius 2 is 2.12 bits per heavy atom. The lowest BCUT2D eigenvalue weighted by molar-refractivity contribution is -0.139. The monoisotopic (exact) mass is 367 g/mol. The highest BCUT2D eigenvalue weighted by atomic mass is 19.4. The Morgan fingerprint density at radius 3 is 2.77 bits per heavy atom. The van der Waals surface area contributed by atoms with Gasteiger partial charge < -0.3 is 14.6 Å². The highest BCUT2D eigenvalue weighted by Crippen LogP contribution is 2.32. The average molecular weight is 367 g/mol. The van der Waals surface area contributed by atoms with Gasteiger partial charge in [-0.3, -0.25) is 9.59 Å². The Morgan fingerprint density at radius 1 is 1.38 bits per heavy atom. The summed E-state index contributed by atoms with van der Waals surface area (Å²) >= 11 is 0. The van der Waals surface area contributed by atoms with Crippen molar-refractivity contribution in [2.75, 3.05) is 6.54 Å². The summed E-state index contributed by atoms with van der Waals surface area (Å²) in [5.41, 5.74) is -0.327. The topological polar surface area (TPSA) is 75.4 Å². The number of oxazole rings is 1. The third kappa shape index (κ3) is 3.71. The molecule has 0 bridgehead atoms. The second-order valence-electron chi connectivity index (χ2n) is 6.07. The maximum atomic E-state index is 13.1. The lowest BCUT2D eigenvalue weighted by Gasteiger charge is -2.20. The predicted octanol–water partition coefficient (Wildman–Crippen LogP) is 2.53. The molecule has 9 heteroatoms. The fourth-order valence-corrected chi connectivity index (χ4v) is 2.93. The van der Waals surface area contributed by atoms with E-state index in [2.05, 4.69) is 10.3 Å². The van der Waals surface area contributed by atoms with Gasteiger partial charge in [-0.05, 0) is 18.6 Å². The third-order valence-corrected chi connectivity index (χ3v) is 4.19. The van der Waals surface area contributed by atoms with Crippen molar-refractivity contribution in [2.45, 2.75) is 32.1 Å². The van der Waals surface area contributed by atoms with E-state index in [1.165, 1.54) is 23.1 Å². The van der Waals surface area contributed by atoms with Crippen molar-refractivity contribution in [1.82, 2.24) is 15.2 Å². The number of nitrogens with one attached hydrogen (secondary N) is 1. The van der Waals surface area contributed by atoms with Crippen molar-refractivity contribution < 1.29 is 27.2 Å². The smallest absolute Gasteiger partial charge is 0.416 e. The predicted molar refractivity (Wildman–Crippen MR) is 84.0 cm³/mol. The Bertz CT molecular complexity index is 832. The molecule has 1 aliphatic heterocycles. The minimum Gasteiger partial charge on any atom is -0.438 e. The number of aromatic nitrogens is 1. The lowest BCUT2D eigenvalue weighted by Crippen LogP contribution is -2.37. The number of aryl methyl sites for hydroxylation is 1. The number of alkyl halides is 3. The number of carbonyl (C=O) groups is 2. The van der Waals surface area contributed by atoms with Gasteiger partial charge in [0.05, 0.1) is 17.3 Å². The summed E-state index contributed by atoms with van der Waals surface area (Å²) in [6.07, 6.45) is -3.33. The highest BCUT2D eigenvalue weighted by Gasteiger charge is 2.36. The number of nitrogens with zero attached hydrogens (tertiary/aromatic N) is 2. The Hall–Kier alpha value is -2.84. The molecule has 2 aromatic rings. The van der Waals surface area contributed by atoms with Crippen molar-refractivity contribution in [3.63, 3.8) is 0 Å². The van der Waals surface area contributed by atoms with Crippen LogP contribution in [0.25, 0.3) is 0 Å². The van der Waals surface area contributed by atoms with E-state index in [0.717, 1.165) is 12.5 Å². The Kier molecular flexibility index (Phi) is 4.71. The maximum absolute atomic E-state index is 13.1. The molecule has 26 heavy (non-hydrogen) atoms. The summed E-state index contributed by atoms with van der Waals surface area (Å²) in [5.74, 6) is -0.768. The standard InChI is InChI=1S/C17H16F3N3O3/c1-10-15(26-9-21-10)16(25)22-12-6-14(24)23(8-12)7-11-4-2-3-5-13(11)17(18,19)20/h2-5,9,12H,6-8H2,1H3,(H,22,25). The molecule has 0 saturated carbocycles. The van der Waals surface area contributed by atoms with Gasteiger partial charge >= 0.3 is 6.18 Å².